The molecule has 9 heteroatoms. The van der Waals surface area contributed by atoms with E-state index in [1.165, 1.54) is 22.6 Å². The highest BCUT2D eigenvalue weighted by Gasteiger charge is 2.48. The first-order valence-corrected chi connectivity index (χ1v) is 18.2. The number of unbranched alkanes of at least 4 members (excludes halogenated alkanes) is 1. The van der Waals surface area contributed by atoms with E-state index in [0.29, 0.717) is 33.1 Å². The van der Waals surface area contributed by atoms with Crippen LogP contribution < -0.4 is 5.69 Å². The lowest BCUT2D eigenvalue weighted by atomic mass is 9.59. The van der Waals surface area contributed by atoms with Crippen molar-refractivity contribution in [2.24, 2.45) is 34.5 Å². The largest absolute Gasteiger partial charge is 0.458 e. The van der Waals surface area contributed by atoms with Crippen LogP contribution in [0.5, 0.6) is 0 Å². The number of nitrogens with zero attached hydrogens (tertiary/aromatic N) is 2. The Labute approximate surface area is 283 Å². The maximum absolute atomic E-state index is 14.6. The van der Waals surface area contributed by atoms with Gasteiger partial charge < -0.3 is 4.74 Å². The second-order valence-electron chi connectivity index (χ2n) is 15.2. The van der Waals surface area contributed by atoms with Crippen LogP contribution in [0.4, 0.5) is 0 Å². The summed E-state index contributed by atoms with van der Waals surface area (Å²) in [5.41, 5.74) is 0.939. The normalized spacial score (nSPS) is 21.7. The molecule has 1 aliphatic carbocycles. The number of thioether (sulfide) groups is 1. The Balaban J connectivity index is 1.86. The van der Waals surface area contributed by atoms with Crippen LogP contribution in [0.15, 0.2) is 34.2 Å². The van der Waals surface area contributed by atoms with Crippen LogP contribution in [0, 0.1) is 34.5 Å². The van der Waals surface area contributed by atoms with Crippen molar-refractivity contribution in [1.82, 2.24) is 14.4 Å². The number of aromatic amines is 1. The summed E-state index contributed by atoms with van der Waals surface area (Å²) in [6.07, 6.45) is 6.15. The maximum atomic E-state index is 14.6. The van der Waals surface area contributed by atoms with E-state index < -0.39 is 11.7 Å². The molecular weight excluding hydrogens is 625 g/mol. The molecule has 4 rings (SSSR count). The summed E-state index contributed by atoms with van der Waals surface area (Å²) in [5, 5.41) is 1.15. The Kier molecular flexibility index (Phi) is 11.5. The second kappa shape index (κ2) is 14.4. The zero-order valence-corrected chi connectivity index (χ0v) is 30.8. The molecule has 6 nitrogen and oxygen atoms in total. The fraction of sp³-hybridized carbons (Fsp3) is 0.639. The van der Waals surface area contributed by atoms with Gasteiger partial charge in [0.25, 0.3) is 0 Å². The first kappa shape index (κ1) is 35.9. The SMILES string of the molecule is CCCCC(CC)CSc1nc2c(C(=O)OC3C(C(C)(C)C)CC(C)CC3C(C)(C)C)c(-c3ccc(Cl)cc3)c(Cl)n2c(=O)[nH]1. The van der Waals surface area contributed by atoms with E-state index in [9.17, 15) is 9.59 Å². The van der Waals surface area contributed by atoms with Gasteiger partial charge in [-0.15, -0.1) is 0 Å². The van der Waals surface area contributed by atoms with E-state index in [1.807, 2.05) is 0 Å². The molecule has 2 heterocycles. The van der Waals surface area contributed by atoms with Gasteiger partial charge in [-0.05, 0) is 59.6 Å². The van der Waals surface area contributed by atoms with Gasteiger partial charge in [0.1, 0.15) is 16.8 Å². The lowest BCUT2D eigenvalue weighted by Crippen LogP contribution is -2.49. The Morgan fingerprint density at radius 3 is 2.20 bits per heavy atom. The van der Waals surface area contributed by atoms with Crippen molar-refractivity contribution in [2.75, 3.05) is 5.75 Å². The number of esters is 1. The van der Waals surface area contributed by atoms with Crippen molar-refractivity contribution in [3.63, 3.8) is 0 Å². The van der Waals surface area contributed by atoms with E-state index in [-0.39, 0.29) is 45.1 Å². The maximum Gasteiger partial charge on any atom is 0.342 e. The Bertz CT molecular complexity index is 1510. The number of benzene rings is 1. The quantitative estimate of drug-likeness (QED) is 0.171. The van der Waals surface area contributed by atoms with Gasteiger partial charge in [-0.3, -0.25) is 4.98 Å². The molecular formula is C36H51Cl2N3O3S. The van der Waals surface area contributed by atoms with Crippen molar-refractivity contribution in [2.45, 2.75) is 112 Å². The summed E-state index contributed by atoms with van der Waals surface area (Å²) < 4.78 is 7.95. The first-order valence-electron chi connectivity index (χ1n) is 16.5. The molecule has 0 aliphatic heterocycles. The first-order chi connectivity index (χ1) is 21.1. The standard InChI is InChI=1S/C36H51Cl2N3O3S/c1-10-12-13-22(11-2)20-45-33-39-31-28(27(23-14-16-24(37)17-15-23)30(38)41(31)34(43)40-33)32(42)44-29-25(35(4,5)6)18-21(3)19-26(29)36(7,8)9/h14-17,21-22,25-26,29H,10-13,18-20H2,1-9H3,(H,39,40,43). The van der Waals surface area contributed by atoms with Crippen LogP contribution >= 0.6 is 35.0 Å². The van der Waals surface area contributed by atoms with Crippen LogP contribution in [0.1, 0.15) is 111 Å². The lowest BCUT2D eigenvalue weighted by Gasteiger charge is -2.50. The highest BCUT2D eigenvalue weighted by atomic mass is 35.5. The van der Waals surface area contributed by atoms with Gasteiger partial charge in [0.2, 0.25) is 0 Å². The number of hydrogen-bond donors (Lipinski definition) is 1. The minimum absolute atomic E-state index is 0.0740. The third-order valence-corrected chi connectivity index (χ3v) is 11.3. The molecule has 0 amide bonds. The number of H-pyrrole nitrogens is 1. The van der Waals surface area contributed by atoms with Crippen LogP contribution in [0.3, 0.4) is 0 Å². The molecule has 0 radical (unpaired) electrons. The van der Waals surface area contributed by atoms with Crippen molar-refractivity contribution in [3.8, 4) is 11.1 Å². The molecule has 1 saturated carbocycles. The lowest BCUT2D eigenvalue weighted by molar-refractivity contribution is -0.0922. The highest BCUT2D eigenvalue weighted by Crippen LogP contribution is 2.50. The molecule has 0 spiro atoms. The predicted octanol–water partition coefficient (Wildman–Crippen LogP) is 10.6. The van der Waals surface area contributed by atoms with E-state index in [2.05, 4.69) is 67.3 Å². The van der Waals surface area contributed by atoms with E-state index in [4.69, 9.17) is 32.9 Å². The topological polar surface area (TPSA) is 76.5 Å². The summed E-state index contributed by atoms with van der Waals surface area (Å²) in [6, 6.07) is 7.11. The number of nitrogens with one attached hydrogen (secondary N) is 1. The van der Waals surface area contributed by atoms with Crippen molar-refractivity contribution in [3.05, 3.63) is 50.5 Å². The molecule has 1 N–H and O–H groups in total. The molecule has 3 aromatic rings. The number of fused-ring (bicyclic) bond motifs is 1. The van der Waals surface area contributed by atoms with Crippen LogP contribution in [-0.4, -0.2) is 32.2 Å². The zero-order chi connectivity index (χ0) is 33.3. The van der Waals surface area contributed by atoms with Crippen LogP contribution in [0.2, 0.25) is 10.2 Å². The van der Waals surface area contributed by atoms with Gasteiger partial charge in [0.05, 0.1) is 0 Å². The number of rotatable bonds is 10. The molecule has 2 aromatic heterocycles. The molecule has 0 saturated heterocycles. The van der Waals surface area contributed by atoms with Crippen LogP contribution in [-0.2, 0) is 4.74 Å². The summed E-state index contributed by atoms with van der Waals surface area (Å²) in [6.45, 7) is 20.1. The van der Waals surface area contributed by atoms with Gasteiger partial charge in [-0.2, -0.15) is 0 Å². The van der Waals surface area contributed by atoms with Crippen molar-refractivity contribution < 1.29 is 9.53 Å². The van der Waals surface area contributed by atoms with Gasteiger partial charge in [0, 0.05) is 28.2 Å². The fourth-order valence-corrected chi connectivity index (χ4v) is 8.48. The minimum Gasteiger partial charge on any atom is -0.458 e. The molecule has 3 atom stereocenters. The van der Waals surface area contributed by atoms with E-state index >= 15 is 0 Å². The predicted molar refractivity (Wildman–Crippen MR) is 189 cm³/mol. The second-order valence-corrected chi connectivity index (χ2v) is 17.0. The molecule has 248 valence electrons. The molecule has 1 aromatic carbocycles. The number of halogens is 2. The third-order valence-electron chi connectivity index (χ3n) is 9.62. The van der Waals surface area contributed by atoms with Crippen molar-refractivity contribution >= 4 is 46.6 Å². The highest BCUT2D eigenvalue weighted by molar-refractivity contribution is 7.99. The van der Waals surface area contributed by atoms with Gasteiger partial charge in [-0.1, -0.05) is 129 Å². The number of ether oxygens (including phenoxy) is 1. The number of aromatic nitrogens is 3. The zero-order valence-electron chi connectivity index (χ0n) is 28.4. The molecule has 45 heavy (non-hydrogen) atoms. The van der Waals surface area contributed by atoms with E-state index in [0.717, 1.165) is 37.9 Å². The minimum atomic E-state index is -0.504. The van der Waals surface area contributed by atoms with Gasteiger partial charge in [0.15, 0.2) is 10.8 Å². The summed E-state index contributed by atoms with van der Waals surface area (Å²) in [4.78, 5) is 35.9. The molecule has 1 aliphatic rings. The molecule has 1 fully saturated rings. The summed E-state index contributed by atoms with van der Waals surface area (Å²) in [7, 11) is 0. The van der Waals surface area contributed by atoms with E-state index in [1.54, 1.807) is 24.3 Å². The molecule has 0 bridgehead atoms. The average Bonchev–Trinajstić information content (AvgIpc) is 3.25. The molecule has 3 unspecified atom stereocenters. The smallest absolute Gasteiger partial charge is 0.342 e. The van der Waals surface area contributed by atoms with Crippen LogP contribution in [0.25, 0.3) is 16.8 Å². The summed E-state index contributed by atoms with van der Waals surface area (Å²) in [5.74, 6) is 1.68. The fourth-order valence-electron chi connectivity index (χ4n) is 6.88. The van der Waals surface area contributed by atoms with Gasteiger partial charge in [-0.25, -0.2) is 19.0 Å². The Hall–Kier alpha value is -1.96. The number of hydrogen-bond acceptors (Lipinski definition) is 5. The van der Waals surface area contributed by atoms with Gasteiger partial charge >= 0.3 is 11.7 Å². The third kappa shape index (κ3) is 8.13. The van der Waals surface area contributed by atoms with Crippen molar-refractivity contribution in [1.29, 1.82) is 0 Å². The number of carbonyl (C=O) groups is 1. The average molecular weight is 677 g/mol. The number of carbonyl (C=O) groups excluding carboxylic acids is 1. The summed E-state index contributed by atoms with van der Waals surface area (Å²) >= 11 is 14.7. The Morgan fingerprint density at radius 1 is 1.07 bits per heavy atom. The monoisotopic (exact) mass is 675 g/mol. The Morgan fingerprint density at radius 2 is 1.67 bits per heavy atom.